The van der Waals surface area contributed by atoms with Gasteiger partial charge in [-0.3, -0.25) is 9.59 Å². The largest absolute Gasteiger partial charge is 0.481 e. The molecule has 0 radical (unpaired) electrons. The molecular weight excluding hydrogens is 340 g/mol. The Bertz CT molecular complexity index is 872. The van der Waals surface area contributed by atoms with Crippen molar-refractivity contribution < 1.29 is 14.3 Å². The molecular formula is C22H24N2O3. The zero-order chi connectivity index (χ0) is 19.4. The molecule has 5 heteroatoms. The molecule has 2 amide bonds. The third-order valence-electron chi connectivity index (χ3n) is 4.38. The van der Waals surface area contributed by atoms with E-state index >= 15 is 0 Å². The second-order valence-corrected chi connectivity index (χ2v) is 6.94. The van der Waals surface area contributed by atoms with E-state index in [0.29, 0.717) is 36.5 Å². The Morgan fingerprint density at radius 3 is 2.67 bits per heavy atom. The Labute approximate surface area is 159 Å². The molecule has 27 heavy (non-hydrogen) atoms. The summed E-state index contributed by atoms with van der Waals surface area (Å²) in [5.74, 6) is 0.439. The molecule has 0 bridgehead atoms. The Morgan fingerprint density at radius 1 is 1.22 bits per heavy atom. The van der Waals surface area contributed by atoms with E-state index in [9.17, 15) is 9.59 Å². The lowest BCUT2D eigenvalue weighted by Crippen LogP contribution is -2.39. The topological polar surface area (TPSA) is 58.6 Å². The number of carbonyl (C=O) groups excluding carboxylic acids is 2. The highest BCUT2D eigenvalue weighted by Gasteiger charge is 2.25. The molecule has 0 aromatic heterocycles. The number of hydrogen-bond acceptors (Lipinski definition) is 3. The molecule has 1 N–H and O–H groups in total. The minimum Gasteiger partial charge on any atom is -0.481 e. The highest BCUT2D eigenvalue weighted by Crippen LogP contribution is 2.34. The van der Waals surface area contributed by atoms with Gasteiger partial charge in [-0.15, -0.1) is 0 Å². The Morgan fingerprint density at radius 2 is 1.96 bits per heavy atom. The van der Waals surface area contributed by atoms with Crippen molar-refractivity contribution in [1.82, 2.24) is 0 Å². The van der Waals surface area contributed by atoms with Gasteiger partial charge in [-0.05, 0) is 38.0 Å². The first-order valence-corrected chi connectivity index (χ1v) is 8.99. The van der Waals surface area contributed by atoms with Gasteiger partial charge in [-0.2, -0.15) is 0 Å². The number of anilines is 2. The lowest BCUT2D eigenvalue weighted by atomic mass is 10.1. The molecule has 2 aromatic carbocycles. The highest BCUT2D eigenvalue weighted by atomic mass is 16.5. The van der Waals surface area contributed by atoms with E-state index in [4.69, 9.17) is 4.74 Å². The number of benzene rings is 2. The summed E-state index contributed by atoms with van der Waals surface area (Å²) in [4.78, 5) is 26.0. The van der Waals surface area contributed by atoms with E-state index in [0.717, 1.165) is 11.1 Å². The molecule has 0 fully saturated rings. The minimum atomic E-state index is -0.0969. The van der Waals surface area contributed by atoms with Crippen molar-refractivity contribution in [2.45, 2.75) is 26.7 Å². The molecule has 0 saturated carbocycles. The predicted octanol–water partition coefficient (Wildman–Crippen LogP) is 3.87. The first-order chi connectivity index (χ1) is 12.9. The van der Waals surface area contributed by atoms with Gasteiger partial charge < -0.3 is 15.0 Å². The maximum Gasteiger partial charge on any atom is 0.265 e. The van der Waals surface area contributed by atoms with Gasteiger partial charge in [0.25, 0.3) is 5.91 Å². The van der Waals surface area contributed by atoms with E-state index in [1.807, 2.05) is 38.1 Å². The van der Waals surface area contributed by atoms with Crippen LogP contribution < -0.4 is 15.0 Å². The summed E-state index contributed by atoms with van der Waals surface area (Å²) >= 11 is 0. The van der Waals surface area contributed by atoms with E-state index < -0.39 is 0 Å². The van der Waals surface area contributed by atoms with Crippen LogP contribution in [0.25, 0.3) is 0 Å². The fourth-order valence-electron chi connectivity index (χ4n) is 2.96. The summed E-state index contributed by atoms with van der Waals surface area (Å²) in [6, 6.07) is 13.5. The van der Waals surface area contributed by atoms with Crippen LogP contribution in [0.2, 0.25) is 0 Å². The zero-order valence-corrected chi connectivity index (χ0v) is 15.7. The Kier molecular flexibility index (Phi) is 5.60. The van der Waals surface area contributed by atoms with Crippen LogP contribution in [0.3, 0.4) is 0 Å². The molecule has 1 aliphatic rings. The van der Waals surface area contributed by atoms with Crippen LogP contribution in [0.15, 0.2) is 54.6 Å². The lowest BCUT2D eigenvalue weighted by Gasteiger charge is -2.29. The lowest BCUT2D eigenvalue weighted by molar-refractivity contribution is -0.121. The number of nitrogens with zero attached hydrogens (tertiary/aromatic N) is 1. The fraction of sp³-hybridized carbons (Fsp3) is 0.273. The molecule has 0 spiro atoms. The smallest absolute Gasteiger partial charge is 0.265 e. The SMILES string of the molecule is C=C(C)CN1C(=O)COc2cc(NC(=O)CCc3ccc(C)cc3)ccc21. The standard InChI is InChI=1S/C22H24N2O3/c1-15(2)13-24-19-10-9-18(12-20(19)27-14-22(24)26)23-21(25)11-8-17-6-4-16(3)5-7-17/h4-7,9-10,12H,1,8,11,13-14H2,2-3H3,(H,23,25). The maximum absolute atomic E-state index is 12.3. The summed E-state index contributed by atoms with van der Waals surface area (Å²) < 4.78 is 5.54. The summed E-state index contributed by atoms with van der Waals surface area (Å²) in [6.07, 6.45) is 1.09. The van der Waals surface area contributed by atoms with Crippen molar-refractivity contribution in [1.29, 1.82) is 0 Å². The molecule has 0 saturated heterocycles. The molecule has 1 aliphatic heterocycles. The molecule has 1 heterocycles. The van der Waals surface area contributed by atoms with Crippen molar-refractivity contribution in [2.75, 3.05) is 23.4 Å². The molecule has 0 unspecified atom stereocenters. The first kappa shape index (κ1) is 18.7. The summed E-state index contributed by atoms with van der Waals surface area (Å²) in [5, 5.41) is 2.90. The average molecular weight is 364 g/mol. The van der Waals surface area contributed by atoms with Crippen LogP contribution in [-0.4, -0.2) is 25.0 Å². The van der Waals surface area contributed by atoms with E-state index in [-0.39, 0.29) is 18.4 Å². The fourth-order valence-corrected chi connectivity index (χ4v) is 2.96. The van der Waals surface area contributed by atoms with Crippen molar-refractivity contribution >= 4 is 23.2 Å². The molecule has 2 aromatic rings. The minimum absolute atomic E-state index is 0.00883. The average Bonchev–Trinajstić information content (AvgIpc) is 2.63. The van der Waals surface area contributed by atoms with Gasteiger partial charge in [-0.1, -0.05) is 42.0 Å². The quantitative estimate of drug-likeness (QED) is 0.792. The van der Waals surface area contributed by atoms with Crippen LogP contribution in [0.5, 0.6) is 5.75 Å². The van der Waals surface area contributed by atoms with Gasteiger partial charge in [0, 0.05) is 24.7 Å². The molecule has 140 valence electrons. The second-order valence-electron chi connectivity index (χ2n) is 6.94. The monoisotopic (exact) mass is 364 g/mol. The summed E-state index contributed by atoms with van der Waals surface area (Å²) in [7, 11) is 0. The molecule has 3 rings (SSSR count). The van der Waals surface area contributed by atoms with E-state index in [1.54, 1.807) is 23.1 Å². The molecule has 0 aliphatic carbocycles. The van der Waals surface area contributed by atoms with Crippen LogP contribution in [-0.2, 0) is 16.0 Å². The zero-order valence-electron chi connectivity index (χ0n) is 15.7. The van der Waals surface area contributed by atoms with Gasteiger partial charge in [0.05, 0.1) is 5.69 Å². The van der Waals surface area contributed by atoms with Gasteiger partial charge in [-0.25, -0.2) is 0 Å². The number of fused-ring (bicyclic) bond motifs is 1. The van der Waals surface area contributed by atoms with Crippen LogP contribution in [0, 0.1) is 6.92 Å². The Hall–Kier alpha value is -3.08. The third kappa shape index (κ3) is 4.76. The van der Waals surface area contributed by atoms with Crippen molar-refractivity contribution in [3.8, 4) is 5.75 Å². The summed E-state index contributed by atoms with van der Waals surface area (Å²) in [6.45, 7) is 8.24. The number of aryl methyl sites for hydroxylation is 2. The number of amides is 2. The van der Waals surface area contributed by atoms with Gasteiger partial charge in [0.1, 0.15) is 5.75 Å². The van der Waals surface area contributed by atoms with Gasteiger partial charge in [0.15, 0.2) is 6.61 Å². The van der Waals surface area contributed by atoms with Crippen molar-refractivity contribution in [3.63, 3.8) is 0 Å². The predicted molar refractivity (Wildman–Crippen MR) is 107 cm³/mol. The normalized spacial score (nSPS) is 13.0. The number of hydrogen-bond donors (Lipinski definition) is 1. The van der Waals surface area contributed by atoms with Crippen molar-refractivity contribution in [3.05, 3.63) is 65.7 Å². The van der Waals surface area contributed by atoms with Crippen LogP contribution >= 0.6 is 0 Å². The van der Waals surface area contributed by atoms with Gasteiger partial charge in [0.2, 0.25) is 5.91 Å². The second kappa shape index (κ2) is 8.08. The Balaban J connectivity index is 1.64. The number of rotatable bonds is 6. The maximum atomic E-state index is 12.3. The molecule has 5 nitrogen and oxygen atoms in total. The van der Waals surface area contributed by atoms with Gasteiger partial charge >= 0.3 is 0 Å². The number of carbonyl (C=O) groups is 2. The summed E-state index contributed by atoms with van der Waals surface area (Å²) in [5.41, 5.74) is 4.60. The van der Waals surface area contributed by atoms with Crippen LogP contribution in [0.4, 0.5) is 11.4 Å². The van der Waals surface area contributed by atoms with Crippen molar-refractivity contribution in [2.24, 2.45) is 0 Å². The highest BCUT2D eigenvalue weighted by molar-refractivity contribution is 5.99. The third-order valence-corrected chi connectivity index (χ3v) is 4.38. The number of ether oxygens (including phenoxy) is 1. The van der Waals surface area contributed by atoms with E-state index in [2.05, 4.69) is 11.9 Å². The first-order valence-electron chi connectivity index (χ1n) is 8.99. The van der Waals surface area contributed by atoms with Crippen LogP contribution in [0.1, 0.15) is 24.5 Å². The van der Waals surface area contributed by atoms with E-state index in [1.165, 1.54) is 5.56 Å². The molecule has 0 atom stereocenters. The number of nitrogens with one attached hydrogen (secondary N) is 1.